The molecule has 2 aromatic carbocycles. The van der Waals surface area contributed by atoms with E-state index < -0.39 is 0 Å². The molecule has 7 heteroatoms. The number of para-hydroxylation sites is 1. The van der Waals surface area contributed by atoms with Crippen molar-refractivity contribution in [3.05, 3.63) is 72.1 Å². The Labute approximate surface area is 246 Å². The van der Waals surface area contributed by atoms with E-state index in [1.54, 1.807) is 0 Å². The standard InChI is InChI=1S/C28H36N6O.C6H12/c29-28-32-27-14-13-26(35-25-11-5-2-6-12-25)17-23(27)21-34(28)16-8-7-15-33(20-22-18-30-31-19-22)24-9-3-1-4-10-24;1-2-4-6-5-3-1/h2,5-6,11-14,17-19,24H,1,3-4,7-10,15-16,20-21H2,(H2,29,32)(H,30,31);1-6H2. The third-order valence-electron chi connectivity index (χ3n) is 8.61. The molecule has 0 bridgehead atoms. The summed E-state index contributed by atoms with van der Waals surface area (Å²) in [7, 11) is 0. The molecule has 1 aromatic heterocycles. The number of nitrogens with zero attached hydrogens (tertiary/aromatic N) is 4. The van der Waals surface area contributed by atoms with Gasteiger partial charge in [-0.05, 0) is 62.6 Å². The van der Waals surface area contributed by atoms with Gasteiger partial charge in [-0.25, -0.2) is 4.99 Å². The molecule has 2 saturated carbocycles. The number of fused-ring (bicyclic) bond motifs is 1. The fourth-order valence-electron chi connectivity index (χ4n) is 6.27. The van der Waals surface area contributed by atoms with Gasteiger partial charge in [0, 0.05) is 43.0 Å². The number of aromatic amines is 1. The van der Waals surface area contributed by atoms with Gasteiger partial charge < -0.3 is 15.4 Å². The Kier molecular flexibility index (Phi) is 11.1. The fraction of sp³-hybridized carbons (Fsp3) is 0.529. The Morgan fingerprint density at radius 1 is 0.878 bits per heavy atom. The van der Waals surface area contributed by atoms with Gasteiger partial charge in [-0.2, -0.15) is 5.10 Å². The molecule has 220 valence electrons. The first-order valence-electron chi connectivity index (χ1n) is 15.9. The lowest BCUT2D eigenvalue weighted by Gasteiger charge is -2.34. The van der Waals surface area contributed by atoms with E-state index in [-0.39, 0.29) is 0 Å². The lowest BCUT2D eigenvalue weighted by molar-refractivity contribution is 0.144. The van der Waals surface area contributed by atoms with Gasteiger partial charge in [-0.1, -0.05) is 76.0 Å². The van der Waals surface area contributed by atoms with E-state index in [4.69, 9.17) is 10.5 Å². The van der Waals surface area contributed by atoms with E-state index in [2.05, 4.69) is 31.1 Å². The van der Waals surface area contributed by atoms with Crippen LogP contribution in [0.25, 0.3) is 0 Å². The number of nitrogens with two attached hydrogens (primary N) is 1. The normalized spacial score (nSPS) is 17.4. The van der Waals surface area contributed by atoms with Crippen molar-refractivity contribution in [3.63, 3.8) is 0 Å². The zero-order valence-electron chi connectivity index (χ0n) is 24.6. The molecule has 2 fully saturated rings. The Hall–Kier alpha value is -3.32. The minimum Gasteiger partial charge on any atom is -0.457 e. The Morgan fingerprint density at radius 3 is 2.32 bits per heavy atom. The highest BCUT2D eigenvalue weighted by molar-refractivity contribution is 5.83. The van der Waals surface area contributed by atoms with Crippen molar-refractivity contribution in [2.24, 2.45) is 10.7 Å². The summed E-state index contributed by atoms with van der Waals surface area (Å²) in [6.45, 7) is 3.75. The molecule has 3 N–H and O–H groups in total. The van der Waals surface area contributed by atoms with E-state index in [9.17, 15) is 0 Å². The summed E-state index contributed by atoms with van der Waals surface area (Å²) in [6.07, 6.45) is 21.9. The maximum Gasteiger partial charge on any atom is 0.196 e. The fourth-order valence-corrected chi connectivity index (χ4v) is 6.27. The van der Waals surface area contributed by atoms with Crippen molar-refractivity contribution < 1.29 is 4.74 Å². The number of H-pyrrole nitrogens is 1. The van der Waals surface area contributed by atoms with Crippen molar-refractivity contribution in [3.8, 4) is 11.5 Å². The van der Waals surface area contributed by atoms with E-state index in [1.807, 2.05) is 54.9 Å². The molecule has 41 heavy (non-hydrogen) atoms. The Morgan fingerprint density at radius 2 is 1.61 bits per heavy atom. The van der Waals surface area contributed by atoms with Gasteiger partial charge in [-0.15, -0.1) is 0 Å². The van der Waals surface area contributed by atoms with Crippen LogP contribution in [0, 0.1) is 0 Å². The van der Waals surface area contributed by atoms with Crippen molar-refractivity contribution in [1.82, 2.24) is 20.0 Å². The molecule has 7 nitrogen and oxygen atoms in total. The summed E-state index contributed by atoms with van der Waals surface area (Å²) in [5, 5.41) is 7.10. The molecule has 0 saturated heterocycles. The predicted molar refractivity (Wildman–Crippen MR) is 167 cm³/mol. The second kappa shape index (κ2) is 15.6. The van der Waals surface area contributed by atoms with E-state index in [1.165, 1.54) is 76.2 Å². The molecule has 0 unspecified atom stereocenters. The van der Waals surface area contributed by atoms with Crippen LogP contribution < -0.4 is 10.5 Å². The summed E-state index contributed by atoms with van der Waals surface area (Å²) in [6, 6.07) is 16.6. The molecule has 6 rings (SSSR count). The van der Waals surface area contributed by atoms with Gasteiger partial charge in [0.1, 0.15) is 11.5 Å². The van der Waals surface area contributed by atoms with Crippen LogP contribution >= 0.6 is 0 Å². The number of unbranched alkanes of at least 4 members (excludes halogenated alkanes) is 1. The van der Waals surface area contributed by atoms with Crippen LogP contribution in [0.3, 0.4) is 0 Å². The molecular formula is C34H48N6O. The minimum absolute atomic E-state index is 0.608. The molecule has 0 radical (unpaired) electrons. The van der Waals surface area contributed by atoms with Gasteiger partial charge in [0.25, 0.3) is 0 Å². The Bertz CT molecular complexity index is 1170. The molecule has 0 atom stereocenters. The maximum absolute atomic E-state index is 6.33. The van der Waals surface area contributed by atoms with Gasteiger partial charge in [0.15, 0.2) is 5.96 Å². The number of nitrogens with one attached hydrogen (secondary N) is 1. The molecule has 3 aliphatic rings. The van der Waals surface area contributed by atoms with Crippen LogP contribution in [-0.2, 0) is 13.1 Å². The summed E-state index contributed by atoms with van der Waals surface area (Å²) in [4.78, 5) is 9.51. The zero-order valence-corrected chi connectivity index (χ0v) is 24.6. The SMILES string of the molecule is C1CCCCC1.NC1=Nc2ccc(Oc3ccccc3)cc2CN1CCCCN(Cc1cn[nH]c1)C1CCCCC1. The van der Waals surface area contributed by atoms with Crippen LogP contribution in [0.1, 0.15) is 94.6 Å². The van der Waals surface area contributed by atoms with Gasteiger partial charge in [-0.3, -0.25) is 10.00 Å². The third-order valence-corrected chi connectivity index (χ3v) is 8.61. The monoisotopic (exact) mass is 556 g/mol. The number of ether oxygens (including phenoxy) is 1. The maximum atomic E-state index is 6.33. The summed E-state index contributed by atoms with van der Waals surface area (Å²) >= 11 is 0. The smallest absolute Gasteiger partial charge is 0.196 e. The topological polar surface area (TPSA) is 82.8 Å². The Balaban J connectivity index is 0.000000500. The quantitative estimate of drug-likeness (QED) is 0.248. The highest BCUT2D eigenvalue weighted by Gasteiger charge is 2.22. The summed E-state index contributed by atoms with van der Waals surface area (Å²) < 4.78 is 6.02. The van der Waals surface area contributed by atoms with E-state index in [0.29, 0.717) is 12.0 Å². The molecule has 2 aliphatic carbocycles. The second-order valence-corrected chi connectivity index (χ2v) is 11.8. The van der Waals surface area contributed by atoms with Crippen molar-refractivity contribution in [1.29, 1.82) is 0 Å². The average Bonchev–Trinajstić information content (AvgIpc) is 3.54. The lowest BCUT2D eigenvalue weighted by Crippen LogP contribution is -2.40. The summed E-state index contributed by atoms with van der Waals surface area (Å²) in [5.41, 5.74) is 9.68. The van der Waals surface area contributed by atoms with Crippen LogP contribution in [0.15, 0.2) is 65.9 Å². The molecule has 0 spiro atoms. The molecule has 2 heterocycles. The molecular weight excluding hydrogens is 508 g/mol. The highest BCUT2D eigenvalue weighted by atomic mass is 16.5. The van der Waals surface area contributed by atoms with E-state index >= 15 is 0 Å². The molecule has 1 aliphatic heterocycles. The number of aliphatic imine (C=N–C) groups is 1. The van der Waals surface area contributed by atoms with Crippen LogP contribution in [0.4, 0.5) is 5.69 Å². The number of guanidine groups is 1. The van der Waals surface area contributed by atoms with Gasteiger partial charge in [0.05, 0.1) is 11.9 Å². The third kappa shape index (κ3) is 9.09. The first-order chi connectivity index (χ1) is 20.2. The van der Waals surface area contributed by atoms with Crippen LogP contribution in [-0.4, -0.2) is 45.1 Å². The van der Waals surface area contributed by atoms with E-state index in [0.717, 1.165) is 61.8 Å². The second-order valence-electron chi connectivity index (χ2n) is 11.8. The number of hydrogen-bond donors (Lipinski definition) is 2. The predicted octanol–water partition coefficient (Wildman–Crippen LogP) is 7.92. The first kappa shape index (κ1) is 29.2. The number of rotatable bonds is 10. The number of hydrogen-bond acceptors (Lipinski definition) is 6. The van der Waals surface area contributed by atoms with Crippen LogP contribution in [0.2, 0.25) is 0 Å². The molecule has 0 amide bonds. The minimum atomic E-state index is 0.608. The first-order valence-corrected chi connectivity index (χ1v) is 15.9. The van der Waals surface area contributed by atoms with Crippen molar-refractivity contribution in [2.75, 3.05) is 13.1 Å². The lowest BCUT2D eigenvalue weighted by atomic mass is 9.93. The van der Waals surface area contributed by atoms with Gasteiger partial charge in [0.2, 0.25) is 0 Å². The average molecular weight is 557 g/mol. The van der Waals surface area contributed by atoms with Crippen LogP contribution in [0.5, 0.6) is 11.5 Å². The number of aromatic nitrogens is 2. The zero-order chi connectivity index (χ0) is 28.1. The van der Waals surface area contributed by atoms with Crippen molar-refractivity contribution in [2.45, 2.75) is 103 Å². The summed E-state index contributed by atoms with van der Waals surface area (Å²) in [5.74, 6) is 2.27. The highest BCUT2D eigenvalue weighted by Crippen LogP contribution is 2.31. The number of benzene rings is 2. The van der Waals surface area contributed by atoms with Crippen molar-refractivity contribution >= 4 is 11.6 Å². The van der Waals surface area contributed by atoms with Gasteiger partial charge >= 0.3 is 0 Å². The largest absolute Gasteiger partial charge is 0.457 e. The molecule has 3 aromatic rings.